The Hall–Kier alpha value is -4.38. The van der Waals surface area contributed by atoms with Gasteiger partial charge in [0.15, 0.2) is 0 Å². The molecule has 0 saturated carbocycles. The summed E-state index contributed by atoms with van der Waals surface area (Å²) in [6, 6.07) is 32.8. The maximum Gasteiger partial charge on any atom is 0.530 e. The first-order valence-electron chi connectivity index (χ1n) is 28.3. The van der Waals surface area contributed by atoms with Crippen LogP contribution in [-0.2, 0) is 42.3 Å². The van der Waals surface area contributed by atoms with Gasteiger partial charge in [0.25, 0.3) is 0 Å². The average molecular weight is 1070 g/mol. The molecule has 76 heavy (non-hydrogen) atoms. The molecule has 0 aromatic heterocycles. The van der Waals surface area contributed by atoms with Crippen LogP contribution in [0.3, 0.4) is 0 Å². The highest BCUT2D eigenvalue weighted by Crippen LogP contribution is 2.54. The van der Waals surface area contributed by atoms with E-state index in [1.54, 1.807) is 30.3 Å². The van der Waals surface area contributed by atoms with Gasteiger partial charge in [-0.1, -0.05) is 220 Å². The molecule has 0 unspecified atom stereocenters. The first-order valence-corrected chi connectivity index (χ1v) is 30.9. The molecule has 0 atom stereocenters. The summed E-state index contributed by atoms with van der Waals surface area (Å²) in [5.74, 6) is 3.38. The summed E-state index contributed by atoms with van der Waals surface area (Å²) in [4.78, 5) is 0.232. The normalized spacial score (nSPS) is 13.7. The van der Waals surface area contributed by atoms with E-state index in [1.165, 1.54) is 33.0 Å². The third-order valence-electron chi connectivity index (χ3n) is 20.0. The van der Waals surface area contributed by atoms with Crippen molar-refractivity contribution < 1.29 is 22.0 Å². The quantitative estimate of drug-likeness (QED) is 0.0713. The largest absolute Gasteiger partial charge is 0.530 e. The third kappa shape index (κ3) is 11.5. The number of hydrogen-bond donors (Lipinski definition) is 0. The van der Waals surface area contributed by atoms with Crippen molar-refractivity contribution in [3.05, 3.63) is 136 Å². The van der Waals surface area contributed by atoms with Gasteiger partial charge in [-0.25, -0.2) is 8.42 Å². The number of rotatable bonds is 20. The highest BCUT2D eigenvalue weighted by Gasteiger charge is 2.39. The molecule has 6 aromatic rings. The molecule has 0 bridgehead atoms. The van der Waals surface area contributed by atoms with E-state index in [0.29, 0.717) is 35.2 Å². The van der Waals surface area contributed by atoms with E-state index in [0.717, 1.165) is 27.5 Å². The number of aryl methyl sites for hydroxylation is 1. The summed E-state index contributed by atoms with van der Waals surface area (Å²) in [6.07, 6.45) is 0. The van der Waals surface area contributed by atoms with Gasteiger partial charge in [-0.15, -0.1) is 0 Å². The number of hydrogen-bond acceptors (Lipinski definition) is 5. The summed E-state index contributed by atoms with van der Waals surface area (Å²) in [7, 11) is -6.49. The lowest BCUT2D eigenvalue weighted by atomic mass is 9.68. The Labute approximate surface area is 463 Å². The van der Waals surface area contributed by atoms with Crippen LogP contribution >= 0.6 is 8.60 Å². The molecule has 6 rings (SSSR count). The smallest absolute Gasteiger partial charge is 0.408 e. The molecule has 0 N–H and O–H groups in total. The zero-order valence-electron chi connectivity index (χ0n) is 51.6. The zero-order chi connectivity index (χ0) is 57.2. The lowest BCUT2D eigenvalue weighted by molar-refractivity contribution is 0.337. The fourth-order valence-electron chi connectivity index (χ4n) is 9.55. The van der Waals surface area contributed by atoms with Crippen molar-refractivity contribution in [3.8, 4) is 17.2 Å². The molecule has 7 heteroatoms. The van der Waals surface area contributed by atoms with Gasteiger partial charge >= 0.3 is 8.60 Å². The second kappa shape index (κ2) is 21.7. The van der Waals surface area contributed by atoms with Crippen LogP contribution in [0.1, 0.15) is 205 Å². The van der Waals surface area contributed by atoms with Crippen molar-refractivity contribution in [3.63, 3.8) is 0 Å². The number of sulfone groups is 1. The van der Waals surface area contributed by atoms with Crippen LogP contribution in [0.4, 0.5) is 0 Å². The number of para-hydroxylation sites is 1. The molecule has 0 saturated heterocycles. The highest BCUT2D eigenvalue weighted by molar-refractivity contribution is 7.91. The van der Waals surface area contributed by atoms with Crippen LogP contribution in [0.2, 0.25) is 0 Å². The molecule has 0 aliphatic rings. The minimum Gasteiger partial charge on any atom is -0.408 e. The first kappa shape index (κ1) is 60.8. The number of fused-ring (bicyclic) bond motifs is 2. The Bertz CT molecular complexity index is 3010. The Balaban J connectivity index is 1.75. The standard InChI is InChI=1S/C69H97O5PS/c1-42(2)64(14,15)51-34-49-36-58(68(22,23)46(9)10)61(40-54(49)56(38-51)66(18,19)44(5)6)73-75(72-60-28-26-27-29-63(60)76(70,71)53-32-30-48(13)31-33-53)74-62-41-55-50(37-59(62)69(24,25)47(11)12)35-52(65(16,17)43(3)4)39-57(55)67(20,21)45(7)8/h26-47H,1-25H3. The summed E-state index contributed by atoms with van der Waals surface area (Å²) in [5, 5.41) is 4.57. The molecular weight excluding hydrogens is 972 g/mol. The van der Waals surface area contributed by atoms with Crippen LogP contribution < -0.4 is 13.6 Å². The van der Waals surface area contributed by atoms with Crippen molar-refractivity contribution in [2.45, 2.75) is 215 Å². The molecule has 5 nitrogen and oxygen atoms in total. The van der Waals surface area contributed by atoms with Crippen molar-refractivity contribution in [2.75, 3.05) is 0 Å². The van der Waals surface area contributed by atoms with E-state index in [9.17, 15) is 8.42 Å². The molecule has 0 amide bonds. The van der Waals surface area contributed by atoms with Gasteiger partial charge in [-0.2, -0.15) is 0 Å². The van der Waals surface area contributed by atoms with E-state index in [-0.39, 0.29) is 59.9 Å². The van der Waals surface area contributed by atoms with E-state index >= 15 is 0 Å². The Kier molecular flexibility index (Phi) is 17.4. The van der Waals surface area contributed by atoms with Crippen LogP contribution in [-0.4, -0.2) is 8.42 Å². The summed E-state index contributed by atoms with van der Waals surface area (Å²) >= 11 is 0. The number of benzene rings is 6. The van der Waals surface area contributed by atoms with Gasteiger partial charge in [0.05, 0.1) is 4.90 Å². The highest BCUT2D eigenvalue weighted by atomic mass is 32.2. The van der Waals surface area contributed by atoms with Crippen LogP contribution in [0.5, 0.6) is 17.2 Å². The first-order chi connectivity index (χ1) is 34.8. The maximum atomic E-state index is 14.8. The average Bonchev–Trinajstić information content (AvgIpc) is 3.32. The minimum atomic E-state index is -4.05. The summed E-state index contributed by atoms with van der Waals surface area (Å²) < 4.78 is 51.8. The van der Waals surface area contributed by atoms with Crippen molar-refractivity contribution in [1.29, 1.82) is 0 Å². The van der Waals surface area contributed by atoms with Gasteiger partial charge < -0.3 is 13.6 Å². The summed E-state index contributed by atoms with van der Waals surface area (Å²) in [6.45, 7) is 57.5. The fourth-order valence-corrected chi connectivity index (χ4v) is 12.0. The van der Waals surface area contributed by atoms with E-state index in [4.69, 9.17) is 13.6 Å². The Morgan fingerprint density at radius 3 is 1.07 bits per heavy atom. The van der Waals surface area contributed by atoms with Gasteiger partial charge in [-0.05, 0) is 167 Å². The third-order valence-corrected chi connectivity index (χ3v) is 22.9. The predicted molar refractivity (Wildman–Crippen MR) is 327 cm³/mol. The predicted octanol–water partition coefficient (Wildman–Crippen LogP) is 20.5. The van der Waals surface area contributed by atoms with Crippen LogP contribution in [0, 0.1) is 42.4 Å². The van der Waals surface area contributed by atoms with Gasteiger partial charge in [-0.3, -0.25) is 0 Å². The van der Waals surface area contributed by atoms with Gasteiger partial charge in [0.2, 0.25) is 9.84 Å². The van der Waals surface area contributed by atoms with Crippen LogP contribution in [0.15, 0.2) is 107 Å². The lowest BCUT2D eigenvalue weighted by Crippen LogP contribution is -2.29. The summed E-state index contributed by atoms with van der Waals surface area (Å²) in [5.41, 5.74) is 6.87. The molecule has 414 valence electrons. The minimum absolute atomic E-state index is 0.0450. The SMILES string of the molecule is Cc1ccc(S(=O)(=O)c2ccccc2OP(Oc2cc3c(C(C)(C)C(C)C)cc(C(C)(C)C(C)C)cc3cc2C(C)(C)C(C)C)Oc2cc3c(C(C)(C)C(C)C)cc(C(C)(C)C(C)C)cc3cc2C(C)(C)C(C)C)cc1. The van der Waals surface area contributed by atoms with Gasteiger partial charge in [0.1, 0.15) is 22.1 Å². The monoisotopic (exact) mass is 1070 g/mol. The molecule has 0 spiro atoms. The van der Waals surface area contributed by atoms with E-state index in [1.807, 2.05) is 25.1 Å². The molecule has 0 aliphatic carbocycles. The molecule has 0 fully saturated rings. The van der Waals surface area contributed by atoms with Crippen molar-refractivity contribution >= 4 is 40.0 Å². The zero-order valence-corrected chi connectivity index (χ0v) is 53.3. The lowest BCUT2D eigenvalue weighted by Gasteiger charge is -2.37. The molecular formula is C69H97O5PS. The second-order valence-corrected chi connectivity index (χ2v) is 30.6. The van der Waals surface area contributed by atoms with E-state index in [2.05, 4.69) is 215 Å². The van der Waals surface area contributed by atoms with E-state index < -0.39 is 18.4 Å². The molecule has 0 radical (unpaired) electrons. The Morgan fingerprint density at radius 2 is 0.711 bits per heavy atom. The maximum absolute atomic E-state index is 14.8. The second-order valence-electron chi connectivity index (χ2n) is 27.7. The topological polar surface area (TPSA) is 61.8 Å². The fraction of sp³-hybridized carbons (Fsp3) is 0.536. The van der Waals surface area contributed by atoms with Gasteiger partial charge in [0, 0.05) is 11.1 Å². The Morgan fingerprint density at radius 1 is 0.382 bits per heavy atom. The molecule has 6 aromatic carbocycles. The molecule has 0 heterocycles. The van der Waals surface area contributed by atoms with Crippen molar-refractivity contribution in [2.24, 2.45) is 35.5 Å². The molecule has 0 aliphatic heterocycles. The van der Waals surface area contributed by atoms with Crippen LogP contribution in [0.25, 0.3) is 21.5 Å². The van der Waals surface area contributed by atoms with Crippen molar-refractivity contribution in [1.82, 2.24) is 0 Å².